The lowest BCUT2D eigenvalue weighted by atomic mass is 10.1. The molecular formula is C18H25NO3. The van der Waals surface area contributed by atoms with Gasteiger partial charge in [-0.05, 0) is 32.4 Å². The van der Waals surface area contributed by atoms with Crippen LogP contribution < -0.4 is 0 Å². The van der Waals surface area contributed by atoms with Gasteiger partial charge in [0.2, 0.25) is 5.91 Å². The molecule has 1 unspecified atom stereocenters. The predicted octanol–water partition coefficient (Wildman–Crippen LogP) is 3.05. The highest BCUT2D eigenvalue weighted by Gasteiger charge is 2.22. The first-order valence-electron chi connectivity index (χ1n) is 7.48. The maximum Gasteiger partial charge on any atom is 0.310 e. The molecule has 0 saturated heterocycles. The van der Waals surface area contributed by atoms with Crippen LogP contribution in [0.2, 0.25) is 0 Å². The molecule has 22 heavy (non-hydrogen) atoms. The molecule has 0 bridgehead atoms. The van der Waals surface area contributed by atoms with Gasteiger partial charge in [0.25, 0.3) is 0 Å². The highest BCUT2D eigenvalue weighted by Crippen LogP contribution is 2.10. The van der Waals surface area contributed by atoms with Crippen molar-refractivity contribution in [3.8, 4) is 0 Å². The molecule has 0 N–H and O–H groups in total. The van der Waals surface area contributed by atoms with Gasteiger partial charge in [0, 0.05) is 18.7 Å². The lowest BCUT2D eigenvalue weighted by Crippen LogP contribution is -2.40. The van der Waals surface area contributed by atoms with Crippen molar-refractivity contribution in [3.05, 3.63) is 41.5 Å². The summed E-state index contributed by atoms with van der Waals surface area (Å²) in [7, 11) is 1.36. The number of hydrogen-bond donors (Lipinski definition) is 0. The molecule has 1 atom stereocenters. The topological polar surface area (TPSA) is 46.6 Å². The summed E-state index contributed by atoms with van der Waals surface area (Å²) in [5.74, 6) is -0.753. The summed E-state index contributed by atoms with van der Waals surface area (Å²) in [6.07, 6.45) is 3.34. The number of esters is 1. The smallest absolute Gasteiger partial charge is 0.310 e. The molecule has 0 aromatic heterocycles. The molecule has 0 radical (unpaired) electrons. The van der Waals surface area contributed by atoms with Crippen LogP contribution in [-0.4, -0.2) is 36.5 Å². The lowest BCUT2D eigenvalue weighted by Gasteiger charge is -2.27. The highest BCUT2D eigenvalue weighted by atomic mass is 16.5. The van der Waals surface area contributed by atoms with E-state index in [9.17, 15) is 9.59 Å². The number of aryl methyl sites for hydroxylation is 1. The number of amides is 1. The Morgan fingerprint density at radius 1 is 1.18 bits per heavy atom. The van der Waals surface area contributed by atoms with Gasteiger partial charge in [-0.1, -0.05) is 36.8 Å². The van der Waals surface area contributed by atoms with Crippen LogP contribution >= 0.6 is 0 Å². The number of carbonyl (C=O) groups is 2. The minimum absolute atomic E-state index is 0.0160. The van der Waals surface area contributed by atoms with Crippen LogP contribution in [0.15, 0.2) is 30.3 Å². The van der Waals surface area contributed by atoms with Crippen LogP contribution in [0.25, 0.3) is 6.08 Å². The summed E-state index contributed by atoms with van der Waals surface area (Å²) in [6.45, 7) is 8.00. The van der Waals surface area contributed by atoms with Crippen LogP contribution in [-0.2, 0) is 14.3 Å². The monoisotopic (exact) mass is 303 g/mol. The van der Waals surface area contributed by atoms with Crippen molar-refractivity contribution in [1.29, 1.82) is 0 Å². The van der Waals surface area contributed by atoms with Crippen LogP contribution in [0.4, 0.5) is 0 Å². The molecule has 1 rings (SSSR count). The summed E-state index contributed by atoms with van der Waals surface area (Å²) in [5, 5.41) is 0. The van der Waals surface area contributed by atoms with Gasteiger partial charge in [-0.15, -0.1) is 0 Å². The van der Waals surface area contributed by atoms with E-state index in [4.69, 9.17) is 4.74 Å². The van der Waals surface area contributed by atoms with Crippen molar-refractivity contribution in [2.75, 3.05) is 13.7 Å². The van der Waals surface area contributed by atoms with Crippen LogP contribution in [0.5, 0.6) is 0 Å². The lowest BCUT2D eigenvalue weighted by molar-refractivity contribution is -0.146. The zero-order valence-corrected chi connectivity index (χ0v) is 14.0. The fourth-order valence-corrected chi connectivity index (χ4v) is 2.07. The van der Waals surface area contributed by atoms with E-state index in [2.05, 4.69) is 0 Å². The van der Waals surface area contributed by atoms with E-state index in [0.717, 1.165) is 5.56 Å². The summed E-state index contributed by atoms with van der Waals surface area (Å²) in [4.78, 5) is 25.6. The largest absolute Gasteiger partial charge is 0.469 e. The summed E-state index contributed by atoms with van der Waals surface area (Å²) >= 11 is 0. The minimum atomic E-state index is -0.343. The third-order valence-corrected chi connectivity index (χ3v) is 3.48. The Morgan fingerprint density at radius 2 is 1.77 bits per heavy atom. The van der Waals surface area contributed by atoms with Crippen molar-refractivity contribution in [2.24, 2.45) is 5.92 Å². The van der Waals surface area contributed by atoms with Crippen molar-refractivity contribution in [2.45, 2.75) is 33.7 Å². The Hall–Kier alpha value is -2.10. The SMILES string of the molecule is COC(=O)C(C)CN(C(=O)/C=C/c1ccc(C)cc1)C(C)C. The maximum atomic E-state index is 12.4. The first-order chi connectivity index (χ1) is 10.3. The zero-order chi connectivity index (χ0) is 16.7. The van der Waals surface area contributed by atoms with Gasteiger partial charge < -0.3 is 9.64 Å². The Morgan fingerprint density at radius 3 is 2.27 bits per heavy atom. The highest BCUT2D eigenvalue weighted by molar-refractivity contribution is 5.92. The first-order valence-corrected chi connectivity index (χ1v) is 7.48. The standard InChI is InChI=1S/C18H25NO3/c1-13(2)19(12-15(4)18(21)22-5)17(20)11-10-16-8-6-14(3)7-9-16/h6-11,13,15H,12H2,1-5H3/b11-10+. The second kappa shape index (κ2) is 8.37. The molecule has 0 aliphatic heterocycles. The van der Waals surface area contributed by atoms with E-state index >= 15 is 0 Å². The fraction of sp³-hybridized carbons (Fsp3) is 0.444. The van der Waals surface area contributed by atoms with Crippen molar-refractivity contribution >= 4 is 18.0 Å². The summed E-state index contributed by atoms with van der Waals surface area (Å²) in [6, 6.07) is 7.96. The van der Waals surface area contributed by atoms with Gasteiger partial charge >= 0.3 is 5.97 Å². The number of methoxy groups -OCH3 is 1. The number of rotatable bonds is 6. The molecule has 0 aliphatic rings. The maximum absolute atomic E-state index is 12.4. The Labute approximate surface area is 132 Å². The predicted molar refractivity (Wildman–Crippen MR) is 88.2 cm³/mol. The minimum Gasteiger partial charge on any atom is -0.469 e. The number of benzene rings is 1. The molecular weight excluding hydrogens is 278 g/mol. The first kappa shape index (κ1) is 18.0. The van der Waals surface area contributed by atoms with E-state index in [1.807, 2.05) is 45.0 Å². The van der Waals surface area contributed by atoms with E-state index in [1.165, 1.54) is 12.7 Å². The van der Waals surface area contributed by atoms with Gasteiger partial charge in [-0.2, -0.15) is 0 Å². The van der Waals surface area contributed by atoms with Gasteiger partial charge in [0.05, 0.1) is 13.0 Å². The summed E-state index contributed by atoms with van der Waals surface area (Å²) < 4.78 is 4.72. The molecule has 4 nitrogen and oxygen atoms in total. The number of nitrogens with zero attached hydrogens (tertiary/aromatic N) is 1. The Balaban J connectivity index is 2.76. The Kier molecular flexibility index (Phi) is 6.83. The molecule has 0 heterocycles. The third kappa shape index (κ3) is 5.35. The van der Waals surface area contributed by atoms with E-state index < -0.39 is 0 Å². The van der Waals surface area contributed by atoms with Crippen molar-refractivity contribution < 1.29 is 14.3 Å². The molecule has 4 heteroatoms. The van der Waals surface area contributed by atoms with Crippen molar-refractivity contribution in [1.82, 2.24) is 4.90 Å². The molecule has 1 aromatic carbocycles. The molecule has 1 amide bonds. The average Bonchev–Trinajstić information content (AvgIpc) is 2.50. The quantitative estimate of drug-likeness (QED) is 0.599. The van der Waals surface area contributed by atoms with Crippen LogP contribution in [0.3, 0.4) is 0 Å². The molecule has 0 fully saturated rings. The Bertz CT molecular complexity index is 532. The fourth-order valence-electron chi connectivity index (χ4n) is 2.07. The third-order valence-electron chi connectivity index (χ3n) is 3.48. The molecule has 1 aromatic rings. The average molecular weight is 303 g/mol. The summed E-state index contributed by atoms with van der Waals surface area (Å²) in [5.41, 5.74) is 2.16. The van der Waals surface area contributed by atoms with Crippen molar-refractivity contribution in [3.63, 3.8) is 0 Å². The van der Waals surface area contributed by atoms with Gasteiger partial charge in [-0.25, -0.2) is 0 Å². The second-order valence-electron chi connectivity index (χ2n) is 5.75. The van der Waals surface area contributed by atoms with Gasteiger partial charge in [0.15, 0.2) is 0 Å². The van der Waals surface area contributed by atoms with E-state index in [0.29, 0.717) is 6.54 Å². The van der Waals surface area contributed by atoms with E-state index in [-0.39, 0.29) is 23.8 Å². The normalized spacial score (nSPS) is 12.5. The second-order valence-corrected chi connectivity index (χ2v) is 5.75. The number of hydrogen-bond acceptors (Lipinski definition) is 3. The molecule has 120 valence electrons. The van der Waals surface area contributed by atoms with E-state index in [1.54, 1.807) is 24.0 Å². The van der Waals surface area contributed by atoms with Crippen LogP contribution in [0, 0.1) is 12.8 Å². The number of ether oxygens (including phenoxy) is 1. The van der Waals surface area contributed by atoms with Gasteiger partial charge in [-0.3, -0.25) is 9.59 Å². The molecule has 0 aliphatic carbocycles. The zero-order valence-electron chi connectivity index (χ0n) is 14.0. The molecule has 0 saturated carbocycles. The van der Waals surface area contributed by atoms with Crippen LogP contribution in [0.1, 0.15) is 31.9 Å². The van der Waals surface area contributed by atoms with Gasteiger partial charge in [0.1, 0.15) is 0 Å². The number of carbonyl (C=O) groups excluding carboxylic acids is 2. The molecule has 0 spiro atoms.